The maximum Gasteiger partial charge on any atom is 0.250 e. The van der Waals surface area contributed by atoms with E-state index >= 15 is 0 Å². The van der Waals surface area contributed by atoms with Crippen LogP contribution in [0.2, 0.25) is 0 Å². The Morgan fingerprint density at radius 3 is 2.71 bits per heavy atom. The standard InChI is InChI=1S/C19H22N6O2S/c1-4-25-18(14-7-9-16(27-3)10-8-14)22-23-19(25)28-13-17(26)21-20-12-15-6-5-11-24(15)2/h5-12H,4,13H2,1-3H3,(H,21,26). The molecule has 1 aromatic carbocycles. The zero-order valence-electron chi connectivity index (χ0n) is 16.0. The fourth-order valence-corrected chi connectivity index (χ4v) is 3.37. The highest BCUT2D eigenvalue weighted by Gasteiger charge is 2.14. The summed E-state index contributed by atoms with van der Waals surface area (Å²) in [7, 11) is 3.55. The van der Waals surface area contributed by atoms with E-state index in [1.165, 1.54) is 11.8 Å². The van der Waals surface area contributed by atoms with Gasteiger partial charge in [0.15, 0.2) is 11.0 Å². The van der Waals surface area contributed by atoms with Crippen molar-refractivity contribution < 1.29 is 9.53 Å². The molecule has 9 heteroatoms. The Kier molecular flexibility index (Phi) is 6.49. The lowest BCUT2D eigenvalue weighted by Crippen LogP contribution is -2.20. The summed E-state index contributed by atoms with van der Waals surface area (Å²) in [6.45, 7) is 2.72. The predicted molar refractivity (Wildman–Crippen MR) is 110 cm³/mol. The average Bonchev–Trinajstić information content (AvgIpc) is 3.32. The van der Waals surface area contributed by atoms with Crippen molar-refractivity contribution in [3.05, 3.63) is 48.3 Å². The van der Waals surface area contributed by atoms with Crippen LogP contribution in [0.3, 0.4) is 0 Å². The molecule has 28 heavy (non-hydrogen) atoms. The topological polar surface area (TPSA) is 86.3 Å². The van der Waals surface area contributed by atoms with Crippen molar-refractivity contribution in [2.45, 2.75) is 18.6 Å². The molecule has 3 aromatic rings. The minimum absolute atomic E-state index is 0.200. The maximum absolute atomic E-state index is 12.1. The van der Waals surface area contributed by atoms with E-state index in [0.717, 1.165) is 22.8 Å². The molecule has 3 rings (SSSR count). The molecule has 0 aliphatic heterocycles. The summed E-state index contributed by atoms with van der Waals surface area (Å²) >= 11 is 1.33. The molecule has 0 unspecified atom stereocenters. The fourth-order valence-electron chi connectivity index (χ4n) is 2.58. The fraction of sp³-hybridized carbons (Fsp3) is 0.263. The van der Waals surface area contributed by atoms with Crippen LogP contribution in [0, 0.1) is 0 Å². The Hall–Kier alpha value is -3.07. The zero-order chi connectivity index (χ0) is 19.9. The number of methoxy groups -OCH3 is 1. The van der Waals surface area contributed by atoms with Gasteiger partial charge in [-0.05, 0) is 43.3 Å². The van der Waals surface area contributed by atoms with Crippen molar-refractivity contribution in [2.24, 2.45) is 12.1 Å². The molecule has 0 bridgehead atoms. The number of nitrogens with zero attached hydrogens (tertiary/aromatic N) is 5. The second-order valence-electron chi connectivity index (χ2n) is 5.90. The lowest BCUT2D eigenvalue weighted by molar-refractivity contribution is -0.118. The number of nitrogens with one attached hydrogen (secondary N) is 1. The van der Waals surface area contributed by atoms with Crippen molar-refractivity contribution in [3.63, 3.8) is 0 Å². The summed E-state index contributed by atoms with van der Waals surface area (Å²) in [6.07, 6.45) is 3.52. The highest BCUT2D eigenvalue weighted by molar-refractivity contribution is 7.99. The minimum Gasteiger partial charge on any atom is -0.497 e. The number of thioether (sulfide) groups is 1. The molecule has 0 aliphatic carbocycles. The molecule has 2 aromatic heterocycles. The second kappa shape index (κ2) is 9.23. The van der Waals surface area contributed by atoms with Gasteiger partial charge in [0.1, 0.15) is 5.75 Å². The van der Waals surface area contributed by atoms with Crippen molar-refractivity contribution in [2.75, 3.05) is 12.9 Å². The minimum atomic E-state index is -0.202. The van der Waals surface area contributed by atoms with Crippen LogP contribution in [0.4, 0.5) is 0 Å². The number of hydrazone groups is 1. The first kappa shape index (κ1) is 19.7. The van der Waals surface area contributed by atoms with Gasteiger partial charge in [-0.3, -0.25) is 4.79 Å². The van der Waals surface area contributed by atoms with Crippen molar-refractivity contribution >= 4 is 23.9 Å². The third kappa shape index (κ3) is 4.61. The molecule has 0 aliphatic rings. The van der Waals surface area contributed by atoms with Gasteiger partial charge in [0.2, 0.25) is 0 Å². The van der Waals surface area contributed by atoms with Crippen LogP contribution in [-0.4, -0.2) is 44.3 Å². The number of carbonyl (C=O) groups is 1. The third-order valence-corrected chi connectivity index (χ3v) is 5.05. The quantitative estimate of drug-likeness (QED) is 0.358. The summed E-state index contributed by atoms with van der Waals surface area (Å²) in [5.74, 6) is 1.54. The Bertz CT molecular complexity index is 961. The number of aromatic nitrogens is 4. The molecule has 0 spiro atoms. The third-order valence-electron chi connectivity index (χ3n) is 4.08. The number of hydrogen-bond acceptors (Lipinski definition) is 6. The van der Waals surface area contributed by atoms with Gasteiger partial charge < -0.3 is 13.9 Å². The second-order valence-corrected chi connectivity index (χ2v) is 6.85. The lowest BCUT2D eigenvalue weighted by atomic mass is 10.2. The van der Waals surface area contributed by atoms with E-state index in [0.29, 0.717) is 11.7 Å². The van der Waals surface area contributed by atoms with E-state index in [-0.39, 0.29) is 11.7 Å². The smallest absolute Gasteiger partial charge is 0.250 e. The summed E-state index contributed by atoms with van der Waals surface area (Å²) in [6, 6.07) is 11.5. The zero-order valence-corrected chi connectivity index (χ0v) is 16.8. The van der Waals surface area contributed by atoms with Gasteiger partial charge in [-0.2, -0.15) is 5.10 Å². The van der Waals surface area contributed by atoms with Crippen LogP contribution >= 0.6 is 11.8 Å². The maximum atomic E-state index is 12.1. The molecule has 1 amide bonds. The van der Waals surface area contributed by atoms with E-state index < -0.39 is 0 Å². The van der Waals surface area contributed by atoms with Crippen LogP contribution < -0.4 is 10.2 Å². The van der Waals surface area contributed by atoms with E-state index in [1.54, 1.807) is 13.3 Å². The molecule has 0 saturated heterocycles. The first-order chi connectivity index (χ1) is 13.6. The van der Waals surface area contributed by atoms with Gasteiger partial charge in [0.05, 0.1) is 24.8 Å². The van der Waals surface area contributed by atoms with E-state index in [2.05, 4.69) is 20.7 Å². The highest BCUT2D eigenvalue weighted by Crippen LogP contribution is 2.25. The molecule has 2 heterocycles. The van der Waals surface area contributed by atoms with Crippen LogP contribution in [-0.2, 0) is 18.4 Å². The summed E-state index contributed by atoms with van der Waals surface area (Å²) in [4.78, 5) is 12.1. The lowest BCUT2D eigenvalue weighted by Gasteiger charge is -2.07. The molecule has 0 fully saturated rings. The molecule has 0 atom stereocenters. The number of aryl methyl sites for hydroxylation is 1. The Morgan fingerprint density at radius 2 is 2.07 bits per heavy atom. The largest absolute Gasteiger partial charge is 0.497 e. The summed E-state index contributed by atoms with van der Waals surface area (Å²) in [5.41, 5.74) is 4.38. The van der Waals surface area contributed by atoms with Crippen molar-refractivity contribution in [3.8, 4) is 17.1 Å². The number of rotatable bonds is 8. The van der Waals surface area contributed by atoms with Crippen LogP contribution in [0.15, 0.2) is 52.9 Å². The Labute approximate surface area is 167 Å². The number of benzene rings is 1. The van der Waals surface area contributed by atoms with E-state index in [9.17, 15) is 4.79 Å². The molecule has 8 nitrogen and oxygen atoms in total. The first-order valence-electron chi connectivity index (χ1n) is 8.76. The molecule has 0 saturated carbocycles. The normalized spacial score (nSPS) is 11.1. The molecule has 1 N–H and O–H groups in total. The number of ether oxygens (including phenoxy) is 1. The van der Waals surface area contributed by atoms with Gasteiger partial charge >= 0.3 is 0 Å². The summed E-state index contributed by atoms with van der Waals surface area (Å²) in [5, 5.41) is 13.2. The Balaban J connectivity index is 1.61. The molecular weight excluding hydrogens is 376 g/mol. The average molecular weight is 398 g/mol. The first-order valence-corrected chi connectivity index (χ1v) is 9.74. The highest BCUT2D eigenvalue weighted by atomic mass is 32.2. The molecular formula is C19H22N6O2S. The Morgan fingerprint density at radius 1 is 1.29 bits per heavy atom. The SMILES string of the molecule is CCn1c(SCC(=O)NN=Cc2cccn2C)nnc1-c1ccc(OC)cc1. The predicted octanol–water partition coefficient (Wildman–Crippen LogP) is 2.55. The van der Waals surface area contributed by atoms with Gasteiger partial charge in [-0.15, -0.1) is 10.2 Å². The summed E-state index contributed by atoms with van der Waals surface area (Å²) < 4.78 is 9.08. The molecule has 0 radical (unpaired) electrons. The van der Waals surface area contributed by atoms with E-state index in [1.807, 2.05) is 65.7 Å². The number of amides is 1. The van der Waals surface area contributed by atoms with Gasteiger partial charge in [0.25, 0.3) is 5.91 Å². The van der Waals surface area contributed by atoms with Crippen LogP contribution in [0.25, 0.3) is 11.4 Å². The van der Waals surface area contributed by atoms with Crippen molar-refractivity contribution in [1.29, 1.82) is 0 Å². The molecule has 146 valence electrons. The van der Waals surface area contributed by atoms with Gasteiger partial charge in [-0.25, -0.2) is 5.43 Å². The van der Waals surface area contributed by atoms with Gasteiger partial charge in [0, 0.05) is 25.4 Å². The number of carbonyl (C=O) groups excluding carboxylic acids is 1. The number of hydrogen-bond donors (Lipinski definition) is 1. The van der Waals surface area contributed by atoms with Gasteiger partial charge in [-0.1, -0.05) is 11.8 Å². The van der Waals surface area contributed by atoms with Crippen molar-refractivity contribution in [1.82, 2.24) is 24.8 Å². The monoisotopic (exact) mass is 398 g/mol. The van der Waals surface area contributed by atoms with Crippen LogP contribution in [0.5, 0.6) is 5.75 Å². The van der Waals surface area contributed by atoms with E-state index in [4.69, 9.17) is 4.74 Å². The van der Waals surface area contributed by atoms with Crippen LogP contribution in [0.1, 0.15) is 12.6 Å².